The summed E-state index contributed by atoms with van der Waals surface area (Å²) in [7, 11) is 8.58. The van der Waals surface area contributed by atoms with E-state index in [2.05, 4.69) is 40.6 Å². The van der Waals surface area contributed by atoms with Crippen LogP contribution < -0.4 is 0 Å². The molecule has 0 aromatic rings. The first-order valence-corrected chi connectivity index (χ1v) is 40.1. The summed E-state index contributed by atoms with van der Waals surface area (Å²) in [6, 6.07) is 1.14. The van der Waals surface area contributed by atoms with E-state index in [1.54, 1.807) is 42.3 Å². The zero-order valence-electron chi connectivity index (χ0n) is 70.8. The Kier molecular flexibility index (Phi) is 47.5. The van der Waals surface area contributed by atoms with Gasteiger partial charge < -0.3 is 56.1 Å². The fourth-order valence-electron chi connectivity index (χ4n) is 9.91. The van der Waals surface area contributed by atoms with Gasteiger partial charge in [0.2, 0.25) is 11.8 Å². The van der Waals surface area contributed by atoms with E-state index in [4.69, 9.17) is 32.0 Å². The van der Waals surface area contributed by atoms with E-state index in [-0.39, 0.29) is 61.7 Å². The van der Waals surface area contributed by atoms with Gasteiger partial charge >= 0.3 is 140 Å². The smallest absolute Gasteiger partial charge is 0.465 e. The number of hydrogen-bond acceptors (Lipinski definition) is 22. The maximum atomic E-state index is 14.4. The van der Waals surface area contributed by atoms with Crippen molar-refractivity contribution < 1.29 is 253 Å². The average Bonchev–Trinajstić information content (AvgIpc) is 0.748. The molecule has 2 fully saturated rings. The molecule has 5 atom stereocenters. The third kappa shape index (κ3) is 30.5. The van der Waals surface area contributed by atoms with Gasteiger partial charge in [-0.1, -0.05) is 47.1 Å². The number of amides is 6. The predicted molar refractivity (Wildman–Crippen MR) is 381 cm³/mol. The van der Waals surface area contributed by atoms with Crippen molar-refractivity contribution in [2.24, 2.45) is 29.6 Å². The second-order valence-electron chi connectivity index (χ2n) is 28.2. The van der Waals surface area contributed by atoms with Gasteiger partial charge in [0.1, 0.15) is 0 Å². The molecular formula is C70H88F34N4O22Si2. The zero-order valence-corrected chi connectivity index (χ0v) is 73.2. The van der Waals surface area contributed by atoms with E-state index in [9.17, 15) is 207 Å². The van der Waals surface area contributed by atoms with Crippen LogP contribution in [-0.2, 0) is 104 Å². The summed E-state index contributed by atoms with van der Waals surface area (Å²) < 4.78 is 491. The van der Waals surface area contributed by atoms with E-state index in [0.717, 1.165) is 17.9 Å². The number of carbonyl (C=O) groups excluding carboxylic acids is 12. The van der Waals surface area contributed by atoms with Crippen molar-refractivity contribution >= 4 is 89.8 Å². The van der Waals surface area contributed by atoms with Gasteiger partial charge in [0.05, 0.1) is 57.0 Å². The van der Waals surface area contributed by atoms with Crippen molar-refractivity contribution in [1.82, 2.24) is 19.9 Å². The predicted octanol–water partition coefficient (Wildman–Crippen LogP) is 14.5. The summed E-state index contributed by atoms with van der Waals surface area (Å²) in [6.07, 6.45) is -19.9. The van der Waals surface area contributed by atoms with E-state index >= 15 is 0 Å². The molecule has 2 aliphatic rings. The Bertz CT molecular complexity index is 3910. The van der Waals surface area contributed by atoms with Gasteiger partial charge in [0.25, 0.3) is 23.6 Å². The Balaban J connectivity index is -0.00000201. The van der Waals surface area contributed by atoms with Crippen LogP contribution in [0.25, 0.3) is 0 Å². The van der Waals surface area contributed by atoms with E-state index in [0.29, 0.717) is 42.2 Å². The first kappa shape index (κ1) is 127. The quantitative estimate of drug-likeness (QED) is 0.0104. The number of rotatable bonds is 47. The number of hydrogen-bond donors (Lipinski definition) is 0. The first-order chi connectivity index (χ1) is 59.3. The minimum atomic E-state index is -8.79. The van der Waals surface area contributed by atoms with Gasteiger partial charge in [-0.2, -0.15) is 149 Å². The molecule has 0 aliphatic carbocycles. The molecule has 0 radical (unpaired) electrons. The molecule has 62 heteroatoms. The van der Waals surface area contributed by atoms with Gasteiger partial charge in [-0.25, -0.2) is 19.2 Å². The highest BCUT2D eigenvalue weighted by Gasteiger charge is 2.97. The van der Waals surface area contributed by atoms with Crippen LogP contribution in [0.15, 0.2) is 50.1 Å². The number of imide groups is 2. The lowest BCUT2D eigenvalue weighted by molar-refractivity contribution is -0.461. The van der Waals surface area contributed by atoms with Crippen LogP contribution in [0.4, 0.5) is 149 Å². The summed E-state index contributed by atoms with van der Waals surface area (Å²) in [5, 5.41) is 0.726. The molecule has 2 heterocycles. The molecule has 26 nitrogen and oxygen atoms in total. The Morgan fingerprint density at radius 1 is 0.417 bits per heavy atom. The molecule has 5 unspecified atom stereocenters. The lowest BCUT2D eigenvalue weighted by atomic mass is 9.78. The van der Waals surface area contributed by atoms with Crippen LogP contribution in [0, 0.1) is 29.6 Å². The molecule has 132 heavy (non-hydrogen) atoms. The first-order valence-electron chi connectivity index (χ1n) is 36.6. The highest BCUT2D eigenvalue weighted by Crippen LogP contribution is 2.66. The standard InChI is InChI=1S/C35H45F17N2O10Si.C13H7F17O2.C10H20O5Si.C7H7NO4.C5H9NO/c1-17(21(27(60)62-11-7-13-65-61-6)16-20(24(57)53(4)5)15-19(3)26(59)64-54-22(55)8-9-23(54)56)14-18(2)25(58)63-12-10-28(36,37)29(38,39)30(40,41)31(42,43)32(44,45)33(46,47)34(48,49)35(50,51)52;1-2-5(31)32-4-3-6(14,15)7(16,17)8(18,19)9(20,21)10(22,23)11(24,25)12(26,27)13(28,29)30;1-9(2)10(11)15-7-6-8-16(12-3,13-4)14-5;1-2-7(11)12-8-5(9)3-4-6(8)10;1-4-5(7)6(2)3/h17-21H,7-16,65H2,1-6H3;2H,1,3-4H2;1,6-8H2,2-5H3;2H,1,3-4H2;4H,1H2,2-3H3. The second-order valence-corrected chi connectivity index (χ2v) is 33.0. The van der Waals surface area contributed by atoms with Crippen molar-refractivity contribution in [2.45, 2.75) is 206 Å². The Morgan fingerprint density at radius 2 is 0.750 bits per heavy atom. The molecular weight excluding hydrogens is 1950 g/mol. The van der Waals surface area contributed by atoms with Gasteiger partial charge in [-0.3, -0.25) is 38.4 Å². The molecule has 0 saturated carbocycles. The summed E-state index contributed by atoms with van der Waals surface area (Å²) in [5.41, 5.74) is 0.397. The van der Waals surface area contributed by atoms with Crippen LogP contribution in [0.3, 0.4) is 0 Å². The van der Waals surface area contributed by atoms with Gasteiger partial charge in [-0.05, 0) is 57.1 Å². The van der Waals surface area contributed by atoms with Gasteiger partial charge in [0.15, 0.2) is 9.76 Å². The third-order valence-electron chi connectivity index (χ3n) is 17.8. The summed E-state index contributed by atoms with van der Waals surface area (Å²) in [6.45, 7) is 13.7. The minimum absolute atomic E-state index is 0.0556. The normalized spacial score (nSPS) is 15.7. The molecule has 0 N–H and O–H groups in total. The highest BCUT2D eigenvalue weighted by molar-refractivity contribution is 6.60. The lowest BCUT2D eigenvalue weighted by Gasteiger charge is -2.42. The number of nitrogens with zero attached hydrogens (tertiary/aromatic N) is 4. The maximum Gasteiger partial charge on any atom is 0.500 e. The molecule has 6 amide bonds. The van der Waals surface area contributed by atoms with Crippen molar-refractivity contribution in [1.29, 1.82) is 0 Å². The summed E-state index contributed by atoms with van der Waals surface area (Å²) in [4.78, 5) is 152. The maximum absolute atomic E-state index is 14.4. The number of likely N-dealkylation sites (N-methyl/N-ethyl adjacent to an activating group) is 1. The van der Waals surface area contributed by atoms with Crippen molar-refractivity contribution in [3.63, 3.8) is 0 Å². The number of ether oxygens (including phenoxy) is 4. The molecule has 0 spiro atoms. The molecule has 766 valence electrons. The molecule has 2 aliphatic heterocycles. The molecule has 0 aromatic heterocycles. The lowest BCUT2D eigenvalue weighted by Crippen LogP contribution is -2.74. The number of alkyl halides is 34. The fourth-order valence-corrected chi connectivity index (χ4v) is 12.3. The van der Waals surface area contributed by atoms with Crippen LogP contribution in [0.2, 0.25) is 12.1 Å². The van der Waals surface area contributed by atoms with Gasteiger partial charge in [0, 0.05) is 112 Å². The minimum Gasteiger partial charge on any atom is -0.465 e. The second kappa shape index (κ2) is 49.4. The summed E-state index contributed by atoms with van der Waals surface area (Å²) >= 11 is 0. The van der Waals surface area contributed by atoms with Crippen molar-refractivity contribution in [3.05, 3.63) is 50.1 Å². The monoisotopic (exact) mass is 2040 g/mol. The van der Waals surface area contributed by atoms with Crippen molar-refractivity contribution in [3.8, 4) is 0 Å². The Hall–Kier alpha value is -9.11. The topological polar surface area (TPSA) is 310 Å². The molecule has 0 aromatic carbocycles. The number of halogens is 34. The van der Waals surface area contributed by atoms with Crippen LogP contribution >= 0.6 is 0 Å². The van der Waals surface area contributed by atoms with E-state index in [1.165, 1.54) is 46.0 Å². The third-order valence-corrected chi connectivity index (χ3v) is 21.9. The molecule has 2 rings (SSSR count). The van der Waals surface area contributed by atoms with Gasteiger partial charge in [-0.15, -0.1) is 10.1 Å². The van der Waals surface area contributed by atoms with Crippen molar-refractivity contribution in [2.75, 3.05) is 83.1 Å². The highest BCUT2D eigenvalue weighted by atomic mass is 28.4. The SMILES string of the molecule is C=C(C)C(=O)OCCC[Si](OC)(OC)OC.C=CC(=O)N(C)C.C=CC(=O)OCCC(F)(F)C(F)(F)C(F)(F)C(F)(F)C(F)(F)C(F)(F)C(F)(F)C(F)(F)F.C=CC(=O)ON1C(=O)CCC1=O.CO[SiH2]CCCOC(=O)C(CC(CC(C)C(=O)ON1C(=O)CCC1=O)C(=O)N(C)C)C(C)CC(C)C(=O)OCCC(F)(F)C(F)(F)C(F)(F)C(F)(F)C(F)(F)C(F)(F)C(F)(F)C(F)(F)F. The fraction of sp³-hybridized carbons (Fsp3) is 0.714. The van der Waals surface area contributed by atoms with E-state index in [1.807, 2.05) is 0 Å². The zero-order chi connectivity index (χ0) is 105. The average molecular weight is 2040 g/mol. The number of hydroxylamine groups is 4. The molecule has 2 saturated heterocycles. The van der Waals surface area contributed by atoms with Crippen LogP contribution in [0.1, 0.15) is 98.3 Å². The largest absolute Gasteiger partial charge is 0.500 e. The molecule has 0 bridgehead atoms. The Morgan fingerprint density at radius 3 is 1.07 bits per heavy atom. The van der Waals surface area contributed by atoms with E-state index < -0.39 is 242 Å². The van der Waals surface area contributed by atoms with Crippen LogP contribution in [0.5, 0.6) is 0 Å². The number of esters is 4. The van der Waals surface area contributed by atoms with Crippen LogP contribution in [-0.4, -0.2) is 288 Å². The summed E-state index contributed by atoms with van der Waals surface area (Å²) in [5.74, 6) is -131. The Labute approximate surface area is 729 Å². The number of carbonyl (C=O) groups is 12.